The quantitative estimate of drug-likeness (QED) is 0.810. The van der Waals surface area contributed by atoms with Crippen LogP contribution in [0.3, 0.4) is 0 Å². The van der Waals surface area contributed by atoms with Gasteiger partial charge in [0.1, 0.15) is 5.82 Å². The average molecular weight is 297 g/mol. The molecule has 3 rings (SSSR count). The first-order valence-corrected chi connectivity index (χ1v) is 7.68. The summed E-state index contributed by atoms with van der Waals surface area (Å²) in [4.78, 5) is 9.53. The normalized spacial score (nSPS) is 15.5. The lowest BCUT2D eigenvalue weighted by Gasteiger charge is -2.22. The standard InChI is InChI=1S/C17H23N5/c1-4-7-22-9-8-21(12-15-10-18-20(3)11-15)13-16-6-5-14(2)19-17(16)22/h4-6,10-11H,1,7-9,12-13H2,2-3H3. The molecule has 2 aromatic heterocycles. The van der Waals surface area contributed by atoms with Crippen LogP contribution in [-0.2, 0) is 20.1 Å². The van der Waals surface area contributed by atoms with Crippen LogP contribution in [0.25, 0.3) is 0 Å². The van der Waals surface area contributed by atoms with E-state index in [1.807, 2.05) is 30.9 Å². The number of aromatic nitrogens is 3. The van der Waals surface area contributed by atoms with Crippen LogP contribution in [0, 0.1) is 6.92 Å². The van der Waals surface area contributed by atoms with Gasteiger partial charge in [0.05, 0.1) is 6.20 Å². The predicted molar refractivity (Wildman–Crippen MR) is 88.7 cm³/mol. The Bertz CT molecular complexity index is 661. The first-order valence-electron chi connectivity index (χ1n) is 7.68. The van der Waals surface area contributed by atoms with E-state index in [9.17, 15) is 0 Å². The highest BCUT2D eigenvalue weighted by atomic mass is 15.3. The van der Waals surface area contributed by atoms with Gasteiger partial charge >= 0.3 is 0 Å². The lowest BCUT2D eigenvalue weighted by molar-refractivity contribution is 0.269. The molecular formula is C17H23N5. The van der Waals surface area contributed by atoms with E-state index in [0.29, 0.717) is 0 Å². The van der Waals surface area contributed by atoms with Gasteiger partial charge in [0.15, 0.2) is 0 Å². The Morgan fingerprint density at radius 2 is 2.18 bits per heavy atom. The first kappa shape index (κ1) is 14.8. The summed E-state index contributed by atoms with van der Waals surface area (Å²) in [5.74, 6) is 1.11. The van der Waals surface area contributed by atoms with Crippen molar-refractivity contribution in [2.75, 3.05) is 24.5 Å². The molecule has 0 N–H and O–H groups in total. The smallest absolute Gasteiger partial charge is 0.133 e. The predicted octanol–water partition coefficient (Wildman–Crippen LogP) is 2.13. The molecule has 0 unspecified atom stereocenters. The zero-order chi connectivity index (χ0) is 15.5. The highest BCUT2D eigenvalue weighted by Crippen LogP contribution is 2.24. The summed E-state index contributed by atoms with van der Waals surface area (Å²) in [7, 11) is 1.96. The fourth-order valence-corrected chi connectivity index (χ4v) is 2.94. The minimum atomic E-state index is 0.837. The Labute approximate surface area is 131 Å². The molecule has 0 spiro atoms. The van der Waals surface area contributed by atoms with Crippen LogP contribution in [0.15, 0.2) is 37.2 Å². The molecule has 3 heterocycles. The van der Waals surface area contributed by atoms with Gasteiger partial charge in [-0.05, 0) is 13.0 Å². The van der Waals surface area contributed by atoms with E-state index in [-0.39, 0.29) is 0 Å². The average Bonchev–Trinajstić information content (AvgIpc) is 2.82. The van der Waals surface area contributed by atoms with E-state index in [4.69, 9.17) is 4.98 Å². The van der Waals surface area contributed by atoms with Crippen LogP contribution in [-0.4, -0.2) is 39.3 Å². The van der Waals surface area contributed by atoms with E-state index in [1.54, 1.807) is 0 Å². The Balaban J connectivity index is 1.83. The van der Waals surface area contributed by atoms with Crippen molar-refractivity contribution in [2.45, 2.75) is 20.0 Å². The Kier molecular flexibility index (Phi) is 4.24. The van der Waals surface area contributed by atoms with Crippen LogP contribution in [0.5, 0.6) is 0 Å². The maximum absolute atomic E-state index is 4.75. The van der Waals surface area contributed by atoms with E-state index < -0.39 is 0 Å². The van der Waals surface area contributed by atoms with Gasteiger partial charge in [0, 0.05) is 62.8 Å². The zero-order valence-corrected chi connectivity index (χ0v) is 13.4. The molecule has 0 fully saturated rings. The highest BCUT2D eigenvalue weighted by Gasteiger charge is 2.20. The molecule has 116 valence electrons. The summed E-state index contributed by atoms with van der Waals surface area (Å²) < 4.78 is 1.86. The minimum absolute atomic E-state index is 0.837. The molecule has 1 aliphatic heterocycles. The van der Waals surface area contributed by atoms with Gasteiger partial charge in [-0.1, -0.05) is 12.1 Å². The number of pyridine rings is 1. The molecule has 0 atom stereocenters. The summed E-state index contributed by atoms with van der Waals surface area (Å²) in [5.41, 5.74) is 3.60. The van der Waals surface area contributed by atoms with Crippen molar-refractivity contribution in [1.29, 1.82) is 0 Å². The van der Waals surface area contributed by atoms with Crippen molar-refractivity contribution in [3.05, 3.63) is 54.0 Å². The van der Waals surface area contributed by atoms with E-state index >= 15 is 0 Å². The summed E-state index contributed by atoms with van der Waals surface area (Å²) in [6, 6.07) is 4.30. The van der Waals surface area contributed by atoms with Gasteiger partial charge < -0.3 is 4.90 Å². The van der Waals surface area contributed by atoms with Crippen LogP contribution in [0.4, 0.5) is 5.82 Å². The fraction of sp³-hybridized carbons (Fsp3) is 0.412. The molecular weight excluding hydrogens is 274 g/mol. The summed E-state index contributed by atoms with van der Waals surface area (Å²) in [6.45, 7) is 10.6. The molecule has 22 heavy (non-hydrogen) atoms. The molecule has 5 nitrogen and oxygen atoms in total. The molecule has 0 bridgehead atoms. The zero-order valence-electron chi connectivity index (χ0n) is 13.4. The van der Waals surface area contributed by atoms with Crippen molar-refractivity contribution in [3.8, 4) is 0 Å². The van der Waals surface area contributed by atoms with Gasteiger partial charge in [-0.3, -0.25) is 9.58 Å². The molecule has 0 aromatic carbocycles. The van der Waals surface area contributed by atoms with Crippen LogP contribution in [0.1, 0.15) is 16.8 Å². The molecule has 5 heteroatoms. The van der Waals surface area contributed by atoms with Gasteiger partial charge in [-0.25, -0.2) is 4.98 Å². The molecule has 2 aromatic rings. The van der Waals surface area contributed by atoms with Crippen LogP contribution < -0.4 is 4.90 Å². The second-order valence-corrected chi connectivity index (χ2v) is 5.90. The Morgan fingerprint density at radius 1 is 1.32 bits per heavy atom. The molecule has 0 saturated heterocycles. The first-order chi connectivity index (χ1) is 10.7. The van der Waals surface area contributed by atoms with Crippen molar-refractivity contribution >= 4 is 5.82 Å². The maximum Gasteiger partial charge on any atom is 0.133 e. The third kappa shape index (κ3) is 3.20. The summed E-state index contributed by atoms with van der Waals surface area (Å²) in [5, 5.41) is 4.26. The number of anilines is 1. The second-order valence-electron chi connectivity index (χ2n) is 5.90. The lowest BCUT2D eigenvalue weighted by Crippen LogP contribution is -2.31. The fourth-order valence-electron chi connectivity index (χ4n) is 2.94. The number of aryl methyl sites for hydroxylation is 2. The minimum Gasteiger partial charge on any atom is -0.351 e. The number of rotatable bonds is 4. The van der Waals surface area contributed by atoms with Crippen molar-refractivity contribution < 1.29 is 0 Å². The third-order valence-electron chi connectivity index (χ3n) is 3.99. The van der Waals surface area contributed by atoms with Crippen LogP contribution in [0.2, 0.25) is 0 Å². The van der Waals surface area contributed by atoms with Crippen LogP contribution >= 0.6 is 0 Å². The number of hydrogen-bond donors (Lipinski definition) is 0. The van der Waals surface area contributed by atoms with E-state index in [2.05, 4.69) is 39.8 Å². The summed E-state index contributed by atoms with van der Waals surface area (Å²) in [6.07, 6.45) is 5.98. The number of nitrogens with zero attached hydrogens (tertiary/aromatic N) is 5. The topological polar surface area (TPSA) is 37.2 Å². The van der Waals surface area contributed by atoms with Gasteiger partial charge in [0.2, 0.25) is 0 Å². The van der Waals surface area contributed by atoms with Gasteiger partial charge in [-0.2, -0.15) is 5.10 Å². The Hall–Kier alpha value is -2.14. The Morgan fingerprint density at radius 3 is 2.91 bits per heavy atom. The number of hydrogen-bond acceptors (Lipinski definition) is 4. The molecule has 0 radical (unpaired) electrons. The lowest BCUT2D eigenvalue weighted by atomic mass is 10.2. The highest BCUT2D eigenvalue weighted by molar-refractivity contribution is 5.49. The van der Waals surface area contributed by atoms with Gasteiger partial charge in [-0.15, -0.1) is 6.58 Å². The summed E-state index contributed by atoms with van der Waals surface area (Å²) >= 11 is 0. The molecule has 0 saturated carbocycles. The largest absolute Gasteiger partial charge is 0.351 e. The van der Waals surface area contributed by atoms with Crippen molar-refractivity contribution in [3.63, 3.8) is 0 Å². The van der Waals surface area contributed by atoms with Crippen molar-refractivity contribution in [2.24, 2.45) is 7.05 Å². The molecule has 1 aliphatic rings. The second kappa shape index (κ2) is 6.32. The SMILES string of the molecule is C=CCN1CCN(Cc2cnn(C)c2)Cc2ccc(C)nc21. The molecule has 0 amide bonds. The van der Waals surface area contributed by atoms with E-state index in [1.165, 1.54) is 11.1 Å². The third-order valence-corrected chi connectivity index (χ3v) is 3.99. The van der Waals surface area contributed by atoms with Gasteiger partial charge in [0.25, 0.3) is 0 Å². The van der Waals surface area contributed by atoms with E-state index in [0.717, 1.165) is 44.2 Å². The maximum atomic E-state index is 4.75. The monoisotopic (exact) mass is 297 g/mol. The van der Waals surface area contributed by atoms with Crippen molar-refractivity contribution in [1.82, 2.24) is 19.7 Å². The molecule has 0 aliphatic carbocycles. The number of fused-ring (bicyclic) bond motifs is 1.